The average molecular weight is 176 g/mol. The van der Waals surface area contributed by atoms with Gasteiger partial charge < -0.3 is 0 Å². The summed E-state index contributed by atoms with van der Waals surface area (Å²) in [6.45, 7) is 6.10. The maximum absolute atomic E-state index is 11.2. The number of hydrogen-bond donors (Lipinski definition) is 0. The first-order valence-electron chi connectivity index (χ1n) is 4.86. The number of rotatable bonds is 2. The Kier molecular flexibility index (Phi) is 1.57. The fraction of sp³-hybridized carbons (Fsp3) is 0.583. The minimum Gasteiger partial charge on any atom is -0.300 e. The Bertz CT molecular complexity index is 324. The van der Waals surface area contributed by atoms with E-state index in [4.69, 9.17) is 0 Å². The van der Waals surface area contributed by atoms with Gasteiger partial charge in [0.05, 0.1) is 0 Å². The van der Waals surface area contributed by atoms with Gasteiger partial charge in [-0.3, -0.25) is 4.79 Å². The van der Waals surface area contributed by atoms with Crippen LogP contribution in [0.2, 0.25) is 0 Å². The van der Waals surface area contributed by atoms with E-state index in [2.05, 4.69) is 32.1 Å². The topological polar surface area (TPSA) is 17.1 Å². The zero-order chi connectivity index (χ0) is 9.69. The van der Waals surface area contributed by atoms with Crippen LogP contribution in [-0.4, -0.2) is 5.78 Å². The summed E-state index contributed by atoms with van der Waals surface area (Å²) in [5.41, 5.74) is 1.85. The monoisotopic (exact) mass is 176 g/mol. The van der Waals surface area contributed by atoms with E-state index in [1.807, 2.05) is 0 Å². The number of carbonyl (C=O) groups is 1. The minimum absolute atomic E-state index is 0.188. The van der Waals surface area contributed by atoms with E-state index in [1.165, 1.54) is 5.57 Å². The lowest BCUT2D eigenvalue weighted by molar-refractivity contribution is -0.118. The molecule has 0 aromatic rings. The Morgan fingerprint density at radius 3 is 2.85 bits per heavy atom. The van der Waals surface area contributed by atoms with Crippen LogP contribution >= 0.6 is 0 Å². The number of carbonyl (C=O) groups excluding carboxylic acids is 1. The van der Waals surface area contributed by atoms with Crippen LogP contribution in [0.15, 0.2) is 23.8 Å². The summed E-state index contributed by atoms with van der Waals surface area (Å²) in [5, 5.41) is 0. The minimum atomic E-state index is 0.188. The van der Waals surface area contributed by atoms with Crippen LogP contribution in [0, 0.1) is 10.8 Å². The molecular formula is C12H16O. The van der Waals surface area contributed by atoms with Gasteiger partial charge in [-0.1, -0.05) is 30.7 Å². The third-order valence-corrected chi connectivity index (χ3v) is 3.75. The Balaban J connectivity index is 2.31. The highest BCUT2D eigenvalue weighted by molar-refractivity contribution is 5.78. The second-order valence-electron chi connectivity index (χ2n) is 4.76. The van der Waals surface area contributed by atoms with Gasteiger partial charge in [0.15, 0.2) is 0 Å². The van der Waals surface area contributed by atoms with E-state index in [9.17, 15) is 4.79 Å². The summed E-state index contributed by atoms with van der Waals surface area (Å²) >= 11 is 0. The second-order valence-corrected chi connectivity index (χ2v) is 4.76. The van der Waals surface area contributed by atoms with Crippen molar-refractivity contribution < 1.29 is 4.79 Å². The highest BCUT2D eigenvalue weighted by Gasteiger charge is 2.64. The van der Waals surface area contributed by atoms with Gasteiger partial charge in [0.2, 0.25) is 0 Å². The zero-order valence-electron chi connectivity index (χ0n) is 8.55. The van der Waals surface area contributed by atoms with Crippen molar-refractivity contribution in [2.45, 2.75) is 33.6 Å². The molecule has 13 heavy (non-hydrogen) atoms. The number of Topliss-reactive ketones (excluding diaryl/α,β-unsaturated/α-hetero) is 1. The molecule has 0 radical (unpaired) electrons. The predicted molar refractivity (Wildman–Crippen MR) is 53.4 cm³/mol. The van der Waals surface area contributed by atoms with Crippen molar-refractivity contribution in [3.05, 3.63) is 23.8 Å². The van der Waals surface area contributed by atoms with Gasteiger partial charge in [0.1, 0.15) is 5.78 Å². The van der Waals surface area contributed by atoms with Crippen LogP contribution < -0.4 is 0 Å². The Labute approximate surface area is 79.5 Å². The first-order chi connectivity index (χ1) is 6.00. The Morgan fingerprint density at radius 2 is 2.31 bits per heavy atom. The third-order valence-electron chi connectivity index (χ3n) is 3.75. The molecule has 1 fully saturated rings. The molecular weight excluding hydrogens is 160 g/mol. The standard InChI is InChI=1S/C12H16O/c1-9-5-4-6-11(3)8-12(9,11)7-10(2)13/h4-6H,7-8H2,1-3H3. The molecule has 2 atom stereocenters. The largest absolute Gasteiger partial charge is 0.300 e. The van der Waals surface area contributed by atoms with E-state index in [1.54, 1.807) is 6.92 Å². The van der Waals surface area contributed by atoms with E-state index in [0.29, 0.717) is 5.78 Å². The van der Waals surface area contributed by atoms with Crippen molar-refractivity contribution in [3.63, 3.8) is 0 Å². The summed E-state index contributed by atoms with van der Waals surface area (Å²) in [4.78, 5) is 11.2. The van der Waals surface area contributed by atoms with Crippen LogP contribution in [0.1, 0.15) is 33.6 Å². The molecule has 0 N–H and O–H groups in total. The predicted octanol–water partition coefficient (Wildman–Crippen LogP) is 2.88. The van der Waals surface area contributed by atoms with Crippen molar-refractivity contribution in [2.24, 2.45) is 10.8 Å². The van der Waals surface area contributed by atoms with Gasteiger partial charge in [-0.25, -0.2) is 0 Å². The van der Waals surface area contributed by atoms with Crippen molar-refractivity contribution >= 4 is 5.78 Å². The summed E-state index contributed by atoms with van der Waals surface area (Å²) in [5.74, 6) is 0.312. The Hall–Kier alpha value is -0.850. The Morgan fingerprint density at radius 1 is 1.62 bits per heavy atom. The van der Waals surface area contributed by atoms with Gasteiger partial charge >= 0.3 is 0 Å². The molecule has 0 saturated heterocycles. The maximum Gasteiger partial charge on any atom is 0.130 e. The molecule has 1 heteroatoms. The highest BCUT2D eigenvalue weighted by Crippen LogP contribution is 2.71. The molecule has 0 aromatic heterocycles. The van der Waals surface area contributed by atoms with Gasteiger partial charge in [-0.2, -0.15) is 0 Å². The molecule has 70 valence electrons. The number of hydrogen-bond acceptors (Lipinski definition) is 1. The molecule has 1 nitrogen and oxygen atoms in total. The molecule has 2 aliphatic rings. The fourth-order valence-electron chi connectivity index (χ4n) is 2.78. The van der Waals surface area contributed by atoms with Crippen LogP contribution in [0.3, 0.4) is 0 Å². The van der Waals surface area contributed by atoms with Crippen LogP contribution in [0.25, 0.3) is 0 Å². The van der Waals surface area contributed by atoms with Crippen LogP contribution in [0.4, 0.5) is 0 Å². The van der Waals surface area contributed by atoms with Gasteiger partial charge in [0, 0.05) is 11.8 Å². The van der Waals surface area contributed by atoms with E-state index >= 15 is 0 Å². The lowest BCUT2D eigenvalue weighted by Gasteiger charge is -2.23. The SMILES string of the molecule is CC(=O)CC12CC1(C)C=CC=C2C. The molecule has 2 aliphatic carbocycles. The maximum atomic E-state index is 11.2. The molecule has 0 spiro atoms. The average Bonchev–Trinajstić information content (AvgIpc) is 2.56. The molecule has 0 aromatic carbocycles. The number of fused-ring (bicyclic) bond motifs is 1. The summed E-state index contributed by atoms with van der Waals surface area (Å²) in [6.07, 6.45) is 8.40. The van der Waals surface area contributed by atoms with E-state index < -0.39 is 0 Å². The van der Waals surface area contributed by atoms with E-state index in [-0.39, 0.29) is 10.8 Å². The quantitative estimate of drug-likeness (QED) is 0.632. The number of ketones is 1. The van der Waals surface area contributed by atoms with Gasteiger partial charge in [-0.05, 0) is 25.7 Å². The molecule has 1 saturated carbocycles. The first-order valence-corrected chi connectivity index (χ1v) is 4.86. The molecule has 2 unspecified atom stereocenters. The van der Waals surface area contributed by atoms with Crippen molar-refractivity contribution in [2.75, 3.05) is 0 Å². The van der Waals surface area contributed by atoms with Gasteiger partial charge in [-0.15, -0.1) is 0 Å². The highest BCUT2D eigenvalue weighted by atomic mass is 16.1. The summed E-state index contributed by atoms with van der Waals surface area (Å²) in [7, 11) is 0. The van der Waals surface area contributed by atoms with Crippen LogP contribution in [0.5, 0.6) is 0 Å². The third kappa shape index (κ3) is 1.03. The summed E-state index contributed by atoms with van der Waals surface area (Å²) < 4.78 is 0. The zero-order valence-corrected chi connectivity index (χ0v) is 8.55. The molecule has 0 aliphatic heterocycles. The fourth-order valence-corrected chi connectivity index (χ4v) is 2.78. The normalized spacial score (nSPS) is 41.0. The smallest absolute Gasteiger partial charge is 0.130 e. The second kappa shape index (κ2) is 2.34. The first kappa shape index (κ1) is 8.74. The van der Waals surface area contributed by atoms with Crippen molar-refractivity contribution in [3.8, 4) is 0 Å². The lowest BCUT2D eigenvalue weighted by atomic mass is 9.80. The lowest BCUT2D eigenvalue weighted by Crippen LogP contribution is -2.17. The molecule has 0 heterocycles. The molecule has 2 rings (SSSR count). The molecule has 0 bridgehead atoms. The summed E-state index contributed by atoms with van der Waals surface area (Å²) in [6, 6.07) is 0. The van der Waals surface area contributed by atoms with Crippen LogP contribution in [-0.2, 0) is 4.79 Å². The van der Waals surface area contributed by atoms with Gasteiger partial charge in [0.25, 0.3) is 0 Å². The molecule has 0 amide bonds. The van der Waals surface area contributed by atoms with Crippen molar-refractivity contribution in [1.29, 1.82) is 0 Å². The number of allylic oxidation sites excluding steroid dienone is 4. The van der Waals surface area contributed by atoms with Crippen molar-refractivity contribution in [1.82, 2.24) is 0 Å². The van der Waals surface area contributed by atoms with E-state index in [0.717, 1.165) is 12.8 Å².